The molecule has 0 bridgehead atoms. The molecule has 0 aromatic heterocycles. The number of hydrogen-bond donors (Lipinski definition) is 0. The number of hydrogen-bond acceptors (Lipinski definition) is 4. The summed E-state index contributed by atoms with van der Waals surface area (Å²) in [5.74, 6) is 1.26. The molecule has 6 heteroatoms. The maximum Gasteiger partial charge on any atom is 0.254 e. The molecule has 47 heavy (non-hydrogen) atoms. The Balaban J connectivity index is 1.46. The van der Waals surface area contributed by atoms with Crippen LogP contribution >= 0.6 is 0 Å². The minimum absolute atomic E-state index is 0.0242. The number of para-hydroxylation sites is 2. The maximum atomic E-state index is 14.5. The van der Waals surface area contributed by atoms with Crippen LogP contribution in [0.5, 0.6) is 5.75 Å². The summed E-state index contributed by atoms with van der Waals surface area (Å²) < 4.78 is 6.29. The van der Waals surface area contributed by atoms with Gasteiger partial charge in [0.2, 0.25) is 5.91 Å². The second-order valence-corrected chi connectivity index (χ2v) is 13.0. The van der Waals surface area contributed by atoms with Gasteiger partial charge in [-0.2, -0.15) is 0 Å². The number of amides is 2. The van der Waals surface area contributed by atoms with E-state index in [2.05, 4.69) is 69.1 Å². The third-order valence-electron chi connectivity index (χ3n) is 8.78. The van der Waals surface area contributed by atoms with Crippen molar-refractivity contribution in [2.24, 2.45) is 5.92 Å². The Labute approximate surface area is 281 Å². The van der Waals surface area contributed by atoms with E-state index in [1.165, 1.54) is 0 Å². The van der Waals surface area contributed by atoms with E-state index < -0.39 is 0 Å². The Morgan fingerprint density at radius 3 is 2.36 bits per heavy atom. The molecule has 0 radical (unpaired) electrons. The van der Waals surface area contributed by atoms with Gasteiger partial charge in [0.15, 0.2) is 0 Å². The highest BCUT2D eigenvalue weighted by Gasteiger charge is 2.25. The molecule has 0 spiro atoms. The van der Waals surface area contributed by atoms with E-state index in [9.17, 15) is 9.59 Å². The molecule has 5 rings (SSSR count). The Kier molecular flexibility index (Phi) is 11.9. The molecule has 4 aromatic rings. The highest BCUT2D eigenvalue weighted by atomic mass is 16.5. The van der Waals surface area contributed by atoms with Gasteiger partial charge < -0.3 is 19.4 Å². The second-order valence-electron chi connectivity index (χ2n) is 13.0. The van der Waals surface area contributed by atoms with Crippen LogP contribution in [0.1, 0.15) is 67.1 Å². The average molecular weight is 632 g/mol. The van der Waals surface area contributed by atoms with Crippen molar-refractivity contribution in [2.45, 2.75) is 59.6 Å². The Hall–Kier alpha value is -4.42. The molecule has 0 saturated carbocycles. The number of aryl methyl sites for hydroxylation is 1. The van der Waals surface area contributed by atoms with Crippen molar-refractivity contribution in [1.29, 1.82) is 0 Å². The normalized spacial score (nSPS) is 14.4. The van der Waals surface area contributed by atoms with E-state index >= 15 is 0 Å². The molecule has 0 unspecified atom stereocenters. The van der Waals surface area contributed by atoms with Crippen molar-refractivity contribution in [3.8, 4) is 16.9 Å². The third-order valence-corrected chi connectivity index (χ3v) is 8.78. The second kappa shape index (κ2) is 16.4. The fourth-order valence-electron chi connectivity index (χ4n) is 6.29. The van der Waals surface area contributed by atoms with Crippen LogP contribution in [0.4, 0.5) is 5.69 Å². The monoisotopic (exact) mass is 631 g/mol. The summed E-state index contributed by atoms with van der Waals surface area (Å²) in [6.45, 7) is 10.1. The SMILES string of the molecule is CCCc1cc(-c2ccccc2OCc2ccccc2)ccc1C(=O)N1CCN(C)CCCN(C(=O)CC(C)C)c2ccccc2C1. The molecule has 1 aliphatic heterocycles. The topological polar surface area (TPSA) is 53.1 Å². The fraction of sp³-hybridized carbons (Fsp3) is 0.366. The minimum atomic E-state index is 0.0242. The lowest BCUT2D eigenvalue weighted by molar-refractivity contribution is -0.119. The number of anilines is 1. The van der Waals surface area contributed by atoms with Crippen LogP contribution in [0.3, 0.4) is 0 Å². The number of ether oxygens (including phenoxy) is 1. The summed E-state index contributed by atoms with van der Waals surface area (Å²) in [5, 5.41) is 0. The molecule has 0 aliphatic carbocycles. The highest BCUT2D eigenvalue weighted by Crippen LogP contribution is 2.33. The molecule has 246 valence electrons. The molecule has 2 amide bonds. The molecule has 0 saturated heterocycles. The molecule has 6 nitrogen and oxygen atoms in total. The van der Waals surface area contributed by atoms with Crippen molar-refractivity contribution in [3.63, 3.8) is 0 Å². The van der Waals surface area contributed by atoms with Crippen molar-refractivity contribution in [2.75, 3.05) is 38.1 Å². The lowest BCUT2D eigenvalue weighted by Gasteiger charge is -2.29. The van der Waals surface area contributed by atoms with Crippen molar-refractivity contribution >= 4 is 17.5 Å². The first kappa shape index (κ1) is 33.9. The molecule has 1 aliphatic rings. The number of likely N-dealkylation sites (N-methyl/N-ethyl adjacent to an activating group) is 1. The summed E-state index contributed by atoms with van der Waals surface area (Å²) in [4.78, 5) is 34.1. The van der Waals surface area contributed by atoms with E-state index in [0.29, 0.717) is 32.7 Å². The Morgan fingerprint density at radius 1 is 0.830 bits per heavy atom. The van der Waals surface area contributed by atoms with Gasteiger partial charge in [-0.05, 0) is 72.8 Å². The van der Waals surface area contributed by atoms with Crippen molar-refractivity contribution in [3.05, 3.63) is 119 Å². The Bertz CT molecular complexity index is 1630. The van der Waals surface area contributed by atoms with Gasteiger partial charge in [0.25, 0.3) is 5.91 Å². The molecule has 4 aromatic carbocycles. The van der Waals surface area contributed by atoms with Crippen LogP contribution in [0.2, 0.25) is 0 Å². The minimum Gasteiger partial charge on any atom is -0.488 e. The van der Waals surface area contributed by atoms with Gasteiger partial charge in [0.05, 0.1) is 0 Å². The van der Waals surface area contributed by atoms with Crippen molar-refractivity contribution < 1.29 is 14.3 Å². The summed E-state index contributed by atoms with van der Waals surface area (Å²) in [7, 11) is 2.10. The first-order valence-electron chi connectivity index (χ1n) is 17.1. The number of carbonyl (C=O) groups excluding carboxylic acids is 2. The number of fused-ring (bicyclic) bond motifs is 1. The molecular weight excluding hydrogens is 582 g/mol. The predicted octanol–water partition coefficient (Wildman–Crippen LogP) is 8.24. The third kappa shape index (κ3) is 8.89. The van der Waals surface area contributed by atoms with Crippen LogP contribution in [0.15, 0.2) is 97.1 Å². The summed E-state index contributed by atoms with van der Waals surface area (Å²) in [6, 6.07) is 32.6. The molecule has 0 atom stereocenters. The van der Waals surface area contributed by atoms with E-state index in [1.54, 1.807) is 0 Å². The van der Waals surface area contributed by atoms with Gasteiger partial charge in [-0.15, -0.1) is 0 Å². The van der Waals surface area contributed by atoms with Crippen LogP contribution in [-0.2, 0) is 24.4 Å². The smallest absolute Gasteiger partial charge is 0.254 e. The average Bonchev–Trinajstić information content (AvgIpc) is 3.11. The summed E-state index contributed by atoms with van der Waals surface area (Å²) in [6.07, 6.45) is 3.10. The zero-order chi connectivity index (χ0) is 33.2. The quantitative estimate of drug-likeness (QED) is 0.187. The first-order chi connectivity index (χ1) is 22.8. The van der Waals surface area contributed by atoms with Crippen molar-refractivity contribution in [1.82, 2.24) is 9.80 Å². The van der Waals surface area contributed by atoms with Gasteiger partial charge in [0, 0.05) is 49.4 Å². The number of benzene rings is 4. The van der Waals surface area contributed by atoms with E-state index in [0.717, 1.165) is 77.2 Å². The zero-order valence-electron chi connectivity index (χ0n) is 28.5. The van der Waals surface area contributed by atoms with E-state index in [-0.39, 0.29) is 17.7 Å². The molecular formula is C41H49N3O3. The van der Waals surface area contributed by atoms with Gasteiger partial charge in [-0.1, -0.05) is 106 Å². The van der Waals surface area contributed by atoms with Gasteiger partial charge in [0.1, 0.15) is 12.4 Å². The van der Waals surface area contributed by atoms with Gasteiger partial charge in [-0.25, -0.2) is 0 Å². The lowest BCUT2D eigenvalue weighted by Crippen LogP contribution is -2.37. The van der Waals surface area contributed by atoms with Crippen LogP contribution < -0.4 is 9.64 Å². The van der Waals surface area contributed by atoms with Crippen LogP contribution in [0, 0.1) is 5.92 Å². The standard InChI is InChI=1S/C41H49N3O3/c1-5-14-33-28-34(36-18-10-12-20-39(36)47-30-32-15-7-6-8-16-32)21-22-37(33)41(46)43-26-25-42(4)23-13-24-44(40(45)27-31(2)3)38-19-11-9-17-35(38)29-43/h6-12,15-22,28,31H,5,13-14,23-27,29-30H2,1-4H3. The summed E-state index contributed by atoms with van der Waals surface area (Å²) >= 11 is 0. The summed E-state index contributed by atoms with van der Waals surface area (Å²) in [5.41, 5.74) is 6.85. The lowest BCUT2D eigenvalue weighted by atomic mass is 9.95. The Morgan fingerprint density at radius 2 is 1.57 bits per heavy atom. The number of carbonyl (C=O) groups is 2. The predicted molar refractivity (Wildman–Crippen MR) is 192 cm³/mol. The highest BCUT2D eigenvalue weighted by molar-refractivity contribution is 5.97. The van der Waals surface area contributed by atoms with Crippen LogP contribution in [0.25, 0.3) is 11.1 Å². The molecule has 0 N–H and O–H groups in total. The van der Waals surface area contributed by atoms with Crippen LogP contribution in [-0.4, -0.2) is 54.8 Å². The zero-order valence-corrected chi connectivity index (χ0v) is 28.5. The van der Waals surface area contributed by atoms with E-state index in [1.807, 2.05) is 70.5 Å². The molecule has 1 heterocycles. The van der Waals surface area contributed by atoms with Gasteiger partial charge in [-0.3, -0.25) is 9.59 Å². The number of nitrogens with zero attached hydrogens (tertiary/aromatic N) is 3. The van der Waals surface area contributed by atoms with Gasteiger partial charge >= 0.3 is 0 Å². The number of rotatable bonds is 9. The fourth-order valence-corrected chi connectivity index (χ4v) is 6.29. The molecule has 0 fully saturated rings. The largest absolute Gasteiger partial charge is 0.488 e. The first-order valence-corrected chi connectivity index (χ1v) is 17.1. The maximum absolute atomic E-state index is 14.5. The van der Waals surface area contributed by atoms with E-state index in [4.69, 9.17) is 4.74 Å².